The Morgan fingerprint density at radius 2 is 1.74 bits per heavy atom. The summed E-state index contributed by atoms with van der Waals surface area (Å²) < 4.78 is 74.6. The standard InChI is InChI=1S/C23H29F4NO7/c1-12(8-13-9-15(27)16(10-14(13)26)32-6-2-4-24)23(31)28-17-18(29)21-22(35-11-34-21)19(30)20(17)33-7-3-5-25/h8-10,17-22,29-30H,2-7,11H2,1H3,(H,28,31)/b12-8+/t17-,18+,19+,20-,21-,22+/m0/s1. The minimum absolute atomic E-state index is 0.0287. The van der Waals surface area contributed by atoms with Gasteiger partial charge in [0.2, 0.25) is 5.91 Å². The molecular weight excluding hydrogens is 478 g/mol. The zero-order valence-electron chi connectivity index (χ0n) is 19.1. The van der Waals surface area contributed by atoms with Gasteiger partial charge in [0, 0.05) is 30.2 Å². The molecule has 1 heterocycles. The largest absolute Gasteiger partial charge is 0.490 e. The van der Waals surface area contributed by atoms with Crippen LogP contribution in [-0.2, 0) is 19.0 Å². The van der Waals surface area contributed by atoms with Gasteiger partial charge in [-0.3, -0.25) is 13.6 Å². The Balaban J connectivity index is 1.75. The number of rotatable bonds is 11. The van der Waals surface area contributed by atoms with Gasteiger partial charge in [-0.2, -0.15) is 0 Å². The van der Waals surface area contributed by atoms with Crippen LogP contribution >= 0.6 is 0 Å². The van der Waals surface area contributed by atoms with Crippen molar-refractivity contribution in [1.82, 2.24) is 5.32 Å². The van der Waals surface area contributed by atoms with Crippen LogP contribution in [0.3, 0.4) is 0 Å². The van der Waals surface area contributed by atoms with Gasteiger partial charge in [-0.1, -0.05) is 0 Å². The van der Waals surface area contributed by atoms with Gasteiger partial charge in [-0.25, -0.2) is 8.78 Å². The number of alkyl halides is 2. The molecule has 2 fully saturated rings. The van der Waals surface area contributed by atoms with E-state index < -0.39 is 67.5 Å². The van der Waals surface area contributed by atoms with Crippen LogP contribution in [0, 0.1) is 11.6 Å². The molecule has 1 saturated heterocycles. The number of aliphatic hydroxyl groups excluding tert-OH is 2. The molecule has 1 saturated carbocycles. The van der Waals surface area contributed by atoms with Crippen LogP contribution in [0.15, 0.2) is 17.7 Å². The van der Waals surface area contributed by atoms with Crippen molar-refractivity contribution in [2.24, 2.45) is 0 Å². The van der Waals surface area contributed by atoms with Crippen LogP contribution in [0.1, 0.15) is 25.3 Å². The van der Waals surface area contributed by atoms with E-state index in [2.05, 4.69) is 5.32 Å². The van der Waals surface area contributed by atoms with E-state index in [1.807, 2.05) is 0 Å². The molecule has 3 N–H and O–H groups in total. The molecule has 0 radical (unpaired) electrons. The van der Waals surface area contributed by atoms with E-state index in [1.165, 1.54) is 6.92 Å². The molecule has 1 aromatic rings. The maximum absolute atomic E-state index is 14.5. The van der Waals surface area contributed by atoms with Crippen molar-refractivity contribution < 1.29 is 51.5 Å². The van der Waals surface area contributed by atoms with Crippen molar-refractivity contribution >= 4 is 12.0 Å². The number of nitrogens with one attached hydrogen (secondary N) is 1. The van der Waals surface area contributed by atoms with Crippen LogP contribution in [0.2, 0.25) is 0 Å². The molecule has 1 aromatic carbocycles. The van der Waals surface area contributed by atoms with Crippen LogP contribution in [0.4, 0.5) is 17.6 Å². The topological polar surface area (TPSA) is 106 Å². The number of aliphatic hydroxyl groups is 2. The Labute approximate surface area is 199 Å². The first kappa shape index (κ1) is 27.3. The molecule has 2 aliphatic rings. The number of ether oxygens (including phenoxy) is 4. The summed E-state index contributed by atoms with van der Waals surface area (Å²) in [7, 11) is 0. The fraction of sp³-hybridized carbons (Fsp3) is 0.609. The second-order valence-electron chi connectivity index (χ2n) is 8.26. The highest BCUT2D eigenvalue weighted by Crippen LogP contribution is 2.32. The Kier molecular flexibility index (Phi) is 9.87. The fourth-order valence-corrected chi connectivity index (χ4v) is 3.98. The summed E-state index contributed by atoms with van der Waals surface area (Å²) in [5.41, 5.74) is -0.273. The zero-order valence-corrected chi connectivity index (χ0v) is 19.1. The van der Waals surface area contributed by atoms with E-state index in [-0.39, 0.29) is 49.7 Å². The third-order valence-electron chi connectivity index (χ3n) is 5.78. The first-order valence-corrected chi connectivity index (χ1v) is 11.2. The molecule has 1 amide bonds. The molecule has 8 nitrogen and oxygen atoms in total. The lowest BCUT2D eigenvalue weighted by Gasteiger charge is -2.43. The number of hydrogen-bond donors (Lipinski definition) is 3. The van der Waals surface area contributed by atoms with E-state index in [4.69, 9.17) is 18.9 Å². The highest BCUT2D eigenvalue weighted by molar-refractivity contribution is 5.97. The van der Waals surface area contributed by atoms with Crippen molar-refractivity contribution in [2.45, 2.75) is 56.3 Å². The van der Waals surface area contributed by atoms with Crippen molar-refractivity contribution in [3.63, 3.8) is 0 Å². The molecular formula is C23H29F4NO7. The molecule has 35 heavy (non-hydrogen) atoms. The second kappa shape index (κ2) is 12.6. The second-order valence-corrected chi connectivity index (χ2v) is 8.26. The van der Waals surface area contributed by atoms with E-state index in [9.17, 15) is 32.6 Å². The van der Waals surface area contributed by atoms with Crippen LogP contribution in [0.5, 0.6) is 5.75 Å². The molecule has 0 aromatic heterocycles. The fourth-order valence-electron chi connectivity index (χ4n) is 3.98. The quantitative estimate of drug-likeness (QED) is 0.238. The van der Waals surface area contributed by atoms with Gasteiger partial charge >= 0.3 is 0 Å². The SMILES string of the molecule is C/C(=C\c1cc(F)c(OCCCF)cc1F)C(=O)N[C@H]1[C@@H](O)[C@@H]2OCO[C@@H]2[C@H](O)[C@H]1OCCCF. The number of carbonyl (C=O) groups excluding carboxylic acids is 1. The normalized spacial score (nSPS) is 28.6. The maximum atomic E-state index is 14.5. The third kappa shape index (κ3) is 6.50. The number of fused-ring (bicyclic) bond motifs is 1. The summed E-state index contributed by atoms with van der Waals surface area (Å²) in [5, 5.41) is 24.0. The smallest absolute Gasteiger partial charge is 0.247 e. The van der Waals surface area contributed by atoms with Crippen LogP contribution < -0.4 is 10.1 Å². The van der Waals surface area contributed by atoms with E-state index in [1.54, 1.807) is 0 Å². The van der Waals surface area contributed by atoms with E-state index in [0.29, 0.717) is 0 Å². The van der Waals surface area contributed by atoms with Gasteiger partial charge in [0.15, 0.2) is 11.6 Å². The summed E-state index contributed by atoms with van der Waals surface area (Å²) in [4.78, 5) is 12.8. The lowest BCUT2D eigenvalue weighted by Crippen LogP contribution is -2.68. The summed E-state index contributed by atoms with van der Waals surface area (Å²) >= 11 is 0. The lowest BCUT2D eigenvalue weighted by molar-refractivity contribution is -0.171. The summed E-state index contributed by atoms with van der Waals surface area (Å²) in [6.07, 6.45) is -4.40. The summed E-state index contributed by atoms with van der Waals surface area (Å²) in [6, 6.07) is 0.488. The number of benzene rings is 1. The van der Waals surface area contributed by atoms with Gasteiger partial charge in [0.1, 0.15) is 43.1 Å². The van der Waals surface area contributed by atoms with E-state index in [0.717, 1.165) is 18.2 Å². The van der Waals surface area contributed by atoms with Crippen molar-refractivity contribution in [1.29, 1.82) is 0 Å². The Hall–Kier alpha value is -2.25. The number of halogens is 4. The third-order valence-corrected chi connectivity index (χ3v) is 5.78. The predicted molar refractivity (Wildman–Crippen MR) is 115 cm³/mol. The van der Waals surface area contributed by atoms with Gasteiger partial charge in [0.05, 0.1) is 26.0 Å². The minimum atomic E-state index is -1.33. The number of carbonyl (C=O) groups is 1. The Morgan fingerprint density at radius 3 is 2.43 bits per heavy atom. The van der Waals surface area contributed by atoms with Gasteiger partial charge < -0.3 is 34.5 Å². The molecule has 0 unspecified atom stereocenters. The van der Waals surface area contributed by atoms with E-state index >= 15 is 0 Å². The highest BCUT2D eigenvalue weighted by atomic mass is 19.1. The highest BCUT2D eigenvalue weighted by Gasteiger charge is 2.54. The average molecular weight is 507 g/mol. The lowest BCUT2D eigenvalue weighted by atomic mass is 9.82. The average Bonchev–Trinajstić information content (AvgIpc) is 3.32. The van der Waals surface area contributed by atoms with Crippen LogP contribution in [0.25, 0.3) is 6.08 Å². The molecule has 196 valence electrons. The van der Waals surface area contributed by atoms with Gasteiger partial charge in [0.25, 0.3) is 0 Å². The molecule has 6 atom stereocenters. The number of amides is 1. The predicted octanol–water partition coefficient (Wildman–Crippen LogP) is 1.81. The molecule has 0 bridgehead atoms. The number of hydrogen-bond acceptors (Lipinski definition) is 7. The molecule has 1 aliphatic carbocycles. The van der Waals surface area contributed by atoms with Crippen molar-refractivity contribution in [3.8, 4) is 5.75 Å². The van der Waals surface area contributed by atoms with Gasteiger partial charge in [-0.15, -0.1) is 0 Å². The molecule has 3 rings (SSSR count). The monoisotopic (exact) mass is 507 g/mol. The first-order chi connectivity index (χ1) is 16.8. The zero-order chi connectivity index (χ0) is 25.5. The van der Waals surface area contributed by atoms with Crippen LogP contribution in [-0.4, -0.2) is 86.0 Å². The Bertz CT molecular complexity index is 903. The molecule has 12 heteroatoms. The summed E-state index contributed by atoms with van der Waals surface area (Å²) in [5.74, 6) is -2.88. The molecule has 0 spiro atoms. The minimum Gasteiger partial charge on any atom is -0.490 e. The maximum Gasteiger partial charge on any atom is 0.247 e. The Morgan fingerprint density at radius 1 is 1.09 bits per heavy atom. The van der Waals surface area contributed by atoms with Gasteiger partial charge in [-0.05, 0) is 25.5 Å². The first-order valence-electron chi connectivity index (χ1n) is 11.2. The van der Waals surface area contributed by atoms with Crippen molar-refractivity contribution in [2.75, 3.05) is 33.4 Å². The molecule has 1 aliphatic heterocycles. The van der Waals surface area contributed by atoms with Crippen molar-refractivity contribution in [3.05, 3.63) is 34.9 Å². The summed E-state index contributed by atoms with van der Waals surface area (Å²) in [6.45, 7) is -0.329.